The van der Waals surface area contributed by atoms with Crippen molar-refractivity contribution >= 4 is 5.97 Å². The smallest absolute Gasteiger partial charge is 0.475 e. The molecule has 0 amide bonds. The van der Waals surface area contributed by atoms with Gasteiger partial charge in [-0.1, -0.05) is 56.5 Å². The molecule has 0 saturated carbocycles. The lowest BCUT2D eigenvalue weighted by atomic mass is 9.98. The number of aliphatic carboxylic acids is 1. The van der Waals surface area contributed by atoms with Crippen molar-refractivity contribution in [2.45, 2.75) is 64.6 Å². The molecule has 2 heterocycles. The number of halogens is 3. The molecule has 1 atom stereocenters. The third-order valence-corrected chi connectivity index (χ3v) is 5.38. The van der Waals surface area contributed by atoms with Crippen LogP contribution in [0.4, 0.5) is 13.2 Å². The second kappa shape index (κ2) is 13.3. The van der Waals surface area contributed by atoms with Crippen molar-refractivity contribution in [1.29, 1.82) is 0 Å². The Morgan fingerprint density at radius 1 is 1.21 bits per heavy atom. The first-order chi connectivity index (χ1) is 15.7. The van der Waals surface area contributed by atoms with E-state index in [0.717, 1.165) is 57.1 Å². The fraction of sp³-hybridized carbons (Fsp3) is 0.609. The van der Waals surface area contributed by atoms with Gasteiger partial charge in [-0.25, -0.2) is 4.79 Å². The van der Waals surface area contributed by atoms with Gasteiger partial charge in [0.2, 0.25) is 11.7 Å². The normalized spacial score (nSPS) is 15.5. The highest BCUT2D eigenvalue weighted by Gasteiger charge is 2.38. The van der Waals surface area contributed by atoms with Crippen molar-refractivity contribution < 1.29 is 32.3 Å². The van der Waals surface area contributed by atoms with Crippen LogP contribution in [-0.2, 0) is 16.1 Å². The van der Waals surface area contributed by atoms with Gasteiger partial charge in [-0.3, -0.25) is 4.90 Å². The fourth-order valence-electron chi connectivity index (χ4n) is 3.49. The minimum Gasteiger partial charge on any atom is -0.475 e. The van der Waals surface area contributed by atoms with Gasteiger partial charge in [0.1, 0.15) is 0 Å². The number of aromatic nitrogens is 2. The maximum absolute atomic E-state index is 10.6. The molecule has 2 aromatic rings. The van der Waals surface area contributed by atoms with Crippen LogP contribution in [-0.4, -0.2) is 58.6 Å². The lowest BCUT2D eigenvalue weighted by Crippen LogP contribution is -2.35. The van der Waals surface area contributed by atoms with E-state index in [1.807, 2.05) is 0 Å². The van der Waals surface area contributed by atoms with Gasteiger partial charge in [-0.05, 0) is 24.5 Å². The van der Waals surface area contributed by atoms with E-state index >= 15 is 0 Å². The number of alkyl halides is 3. The summed E-state index contributed by atoms with van der Waals surface area (Å²) in [6.45, 7) is 9.00. The van der Waals surface area contributed by atoms with Crippen molar-refractivity contribution in [2.24, 2.45) is 0 Å². The zero-order chi connectivity index (χ0) is 24.3. The lowest BCUT2D eigenvalue weighted by Gasteiger charge is -2.26. The zero-order valence-electron chi connectivity index (χ0n) is 19.1. The summed E-state index contributed by atoms with van der Waals surface area (Å²) < 4.78 is 42.8. The molecule has 33 heavy (non-hydrogen) atoms. The Balaban J connectivity index is 0.000000479. The van der Waals surface area contributed by atoms with E-state index in [1.165, 1.54) is 24.8 Å². The van der Waals surface area contributed by atoms with Gasteiger partial charge in [0.15, 0.2) is 0 Å². The minimum atomic E-state index is -5.08. The molecular weight excluding hydrogens is 439 g/mol. The van der Waals surface area contributed by atoms with Gasteiger partial charge in [-0.2, -0.15) is 18.2 Å². The molecule has 1 N–H and O–H groups in total. The summed E-state index contributed by atoms with van der Waals surface area (Å²) in [7, 11) is 0. The van der Waals surface area contributed by atoms with Crippen molar-refractivity contribution in [3.8, 4) is 11.4 Å². The van der Waals surface area contributed by atoms with Crippen molar-refractivity contribution in [3.05, 3.63) is 35.7 Å². The Labute approximate surface area is 191 Å². The predicted octanol–water partition coefficient (Wildman–Crippen LogP) is 5.28. The van der Waals surface area contributed by atoms with Crippen LogP contribution in [0.25, 0.3) is 11.4 Å². The Morgan fingerprint density at radius 3 is 2.52 bits per heavy atom. The van der Waals surface area contributed by atoms with Crippen LogP contribution >= 0.6 is 0 Å². The maximum Gasteiger partial charge on any atom is 0.490 e. The Bertz CT molecular complexity index is 851. The zero-order valence-corrected chi connectivity index (χ0v) is 19.1. The van der Waals surface area contributed by atoms with Crippen molar-refractivity contribution in [2.75, 3.05) is 26.3 Å². The van der Waals surface area contributed by atoms with Crippen LogP contribution in [0.3, 0.4) is 0 Å². The van der Waals surface area contributed by atoms with Crippen LogP contribution in [0.5, 0.6) is 0 Å². The molecule has 1 aliphatic heterocycles. The van der Waals surface area contributed by atoms with E-state index < -0.39 is 12.1 Å². The van der Waals surface area contributed by atoms with Crippen LogP contribution in [0.2, 0.25) is 0 Å². The first kappa shape index (κ1) is 26.8. The molecule has 0 aliphatic carbocycles. The SMILES string of the molecule is CCCCCC(CC)c1nc(-c2cccc(CN3CCOCC3)c2)no1.O=C(O)C(F)(F)F. The molecule has 1 aliphatic rings. The van der Waals surface area contributed by atoms with Crippen molar-refractivity contribution in [3.63, 3.8) is 0 Å². The van der Waals surface area contributed by atoms with E-state index in [2.05, 4.69) is 48.2 Å². The molecule has 10 heteroatoms. The van der Waals surface area contributed by atoms with E-state index in [4.69, 9.17) is 24.1 Å². The maximum atomic E-state index is 10.6. The molecule has 1 aromatic heterocycles. The average molecular weight is 472 g/mol. The molecule has 1 fully saturated rings. The Hall–Kier alpha value is -2.46. The molecule has 1 saturated heterocycles. The van der Waals surface area contributed by atoms with Crippen molar-refractivity contribution in [1.82, 2.24) is 15.0 Å². The highest BCUT2D eigenvalue weighted by atomic mass is 19.4. The Morgan fingerprint density at radius 2 is 1.91 bits per heavy atom. The quantitative estimate of drug-likeness (QED) is 0.498. The molecule has 7 nitrogen and oxygen atoms in total. The molecule has 0 radical (unpaired) electrons. The largest absolute Gasteiger partial charge is 0.490 e. The van der Waals surface area contributed by atoms with E-state index in [1.54, 1.807) is 0 Å². The monoisotopic (exact) mass is 471 g/mol. The number of unbranched alkanes of at least 4 members (excludes halogenated alkanes) is 2. The summed E-state index contributed by atoms with van der Waals surface area (Å²) in [4.78, 5) is 16.0. The second-order valence-electron chi connectivity index (χ2n) is 7.95. The number of morpholine rings is 1. The van der Waals surface area contributed by atoms with Crippen LogP contribution in [0, 0.1) is 0 Å². The van der Waals surface area contributed by atoms with E-state index in [0.29, 0.717) is 11.7 Å². The summed E-state index contributed by atoms with van der Waals surface area (Å²) >= 11 is 0. The number of carboxylic acid groups (broad SMARTS) is 1. The van der Waals surface area contributed by atoms with Gasteiger partial charge in [0.25, 0.3) is 0 Å². The molecule has 0 spiro atoms. The van der Waals surface area contributed by atoms with E-state index in [9.17, 15) is 13.2 Å². The molecule has 184 valence electrons. The predicted molar refractivity (Wildman–Crippen MR) is 117 cm³/mol. The number of rotatable bonds is 9. The standard InChI is InChI=1S/C21H31N3O2.C2HF3O2/c1-3-5-6-9-18(4-2)21-22-20(23-26-21)19-10-7-8-17(15-19)16-24-11-13-25-14-12-24;3-2(4,5)1(6)7/h7-8,10,15,18H,3-6,9,11-14,16H2,1-2H3;(H,6,7). The molecule has 1 aromatic carbocycles. The average Bonchev–Trinajstić information content (AvgIpc) is 3.28. The summed E-state index contributed by atoms with van der Waals surface area (Å²) in [6.07, 6.45) is 0.815. The molecular formula is C23H32F3N3O4. The first-order valence-corrected chi connectivity index (χ1v) is 11.3. The van der Waals surface area contributed by atoms with Gasteiger partial charge in [-0.15, -0.1) is 0 Å². The first-order valence-electron chi connectivity index (χ1n) is 11.3. The van der Waals surface area contributed by atoms with Crippen LogP contribution in [0.15, 0.2) is 28.8 Å². The van der Waals surface area contributed by atoms with Crippen LogP contribution in [0.1, 0.15) is 63.3 Å². The number of nitrogens with zero attached hydrogens (tertiary/aromatic N) is 3. The number of carbonyl (C=O) groups is 1. The molecule has 0 bridgehead atoms. The number of benzene rings is 1. The van der Waals surface area contributed by atoms with Crippen LogP contribution < -0.4 is 0 Å². The minimum absolute atomic E-state index is 0.374. The number of ether oxygens (including phenoxy) is 1. The third kappa shape index (κ3) is 9.13. The second-order valence-corrected chi connectivity index (χ2v) is 7.95. The summed E-state index contributed by atoms with van der Waals surface area (Å²) in [6, 6.07) is 8.50. The van der Waals surface area contributed by atoms with Gasteiger partial charge < -0.3 is 14.4 Å². The fourth-order valence-corrected chi connectivity index (χ4v) is 3.49. The van der Waals surface area contributed by atoms with E-state index in [-0.39, 0.29) is 0 Å². The molecule has 1 unspecified atom stereocenters. The summed E-state index contributed by atoms with van der Waals surface area (Å²) in [5.41, 5.74) is 2.32. The molecule has 3 rings (SSSR count). The lowest BCUT2D eigenvalue weighted by molar-refractivity contribution is -0.192. The highest BCUT2D eigenvalue weighted by Crippen LogP contribution is 2.27. The van der Waals surface area contributed by atoms with Gasteiger partial charge in [0.05, 0.1) is 13.2 Å². The van der Waals surface area contributed by atoms with Gasteiger partial charge in [0, 0.05) is 31.1 Å². The number of hydrogen-bond donors (Lipinski definition) is 1. The summed E-state index contributed by atoms with van der Waals surface area (Å²) in [5.74, 6) is -0.887. The van der Waals surface area contributed by atoms with Gasteiger partial charge >= 0.3 is 12.1 Å². The number of carboxylic acids is 1. The third-order valence-electron chi connectivity index (χ3n) is 5.38. The summed E-state index contributed by atoms with van der Waals surface area (Å²) in [5, 5.41) is 11.4. The number of hydrogen-bond acceptors (Lipinski definition) is 6. The topological polar surface area (TPSA) is 88.7 Å². The Kier molecular flexibility index (Phi) is 10.8. The highest BCUT2D eigenvalue weighted by molar-refractivity contribution is 5.73.